The van der Waals surface area contributed by atoms with E-state index in [0.717, 1.165) is 12.0 Å². The van der Waals surface area contributed by atoms with Crippen molar-refractivity contribution in [2.24, 2.45) is 0 Å². The summed E-state index contributed by atoms with van der Waals surface area (Å²) in [7, 11) is 0. The second-order valence-corrected chi connectivity index (χ2v) is 4.39. The van der Waals surface area contributed by atoms with Crippen LogP contribution in [0.3, 0.4) is 0 Å². The lowest BCUT2D eigenvalue weighted by molar-refractivity contribution is 0.432. The molecule has 0 atom stereocenters. The van der Waals surface area contributed by atoms with E-state index >= 15 is 0 Å². The molecule has 0 saturated heterocycles. The SMILES string of the molecule is CCc1ccc(-c2noc(-c3c[nH]c(C#N)c3)n2)cc1. The molecule has 0 fully saturated rings. The van der Waals surface area contributed by atoms with E-state index in [-0.39, 0.29) is 0 Å². The standard InChI is InChI=1S/C15H12N4O/c1-2-10-3-5-11(6-4-10)14-18-15(20-19-14)12-7-13(8-16)17-9-12/h3-7,9,17H,2H2,1H3. The number of aryl methyl sites for hydroxylation is 1. The first-order valence-corrected chi connectivity index (χ1v) is 6.32. The molecular formula is C15H12N4O. The van der Waals surface area contributed by atoms with Crippen molar-refractivity contribution in [3.8, 4) is 28.9 Å². The summed E-state index contributed by atoms with van der Waals surface area (Å²) in [6.07, 6.45) is 2.67. The van der Waals surface area contributed by atoms with Crippen LogP contribution in [-0.4, -0.2) is 15.1 Å². The molecule has 1 aromatic carbocycles. The number of nitrogens with zero attached hydrogens (tertiary/aromatic N) is 3. The highest BCUT2D eigenvalue weighted by Crippen LogP contribution is 2.23. The van der Waals surface area contributed by atoms with Gasteiger partial charge in [0.1, 0.15) is 11.8 Å². The largest absolute Gasteiger partial charge is 0.352 e. The lowest BCUT2D eigenvalue weighted by Gasteiger charge is -1.97. The maximum atomic E-state index is 8.78. The number of H-pyrrole nitrogens is 1. The van der Waals surface area contributed by atoms with Gasteiger partial charge in [0.05, 0.1) is 5.56 Å². The van der Waals surface area contributed by atoms with Crippen molar-refractivity contribution in [3.05, 3.63) is 47.8 Å². The average Bonchev–Trinajstić information content (AvgIpc) is 3.16. The van der Waals surface area contributed by atoms with Gasteiger partial charge in [0.2, 0.25) is 5.82 Å². The molecule has 0 spiro atoms. The van der Waals surface area contributed by atoms with E-state index in [9.17, 15) is 0 Å². The predicted octanol–water partition coefficient (Wildman–Crippen LogP) is 3.17. The van der Waals surface area contributed by atoms with Crippen LogP contribution >= 0.6 is 0 Å². The normalized spacial score (nSPS) is 10.4. The maximum absolute atomic E-state index is 8.78. The topological polar surface area (TPSA) is 78.5 Å². The zero-order valence-corrected chi connectivity index (χ0v) is 10.9. The fourth-order valence-electron chi connectivity index (χ4n) is 1.93. The lowest BCUT2D eigenvalue weighted by atomic mass is 10.1. The second kappa shape index (κ2) is 5.02. The molecule has 0 amide bonds. The van der Waals surface area contributed by atoms with E-state index < -0.39 is 0 Å². The third-order valence-electron chi connectivity index (χ3n) is 3.10. The first-order chi connectivity index (χ1) is 9.80. The molecule has 20 heavy (non-hydrogen) atoms. The molecule has 5 heteroatoms. The number of rotatable bonds is 3. The number of hydrogen-bond acceptors (Lipinski definition) is 4. The summed E-state index contributed by atoms with van der Waals surface area (Å²) in [5, 5.41) is 12.8. The highest BCUT2D eigenvalue weighted by molar-refractivity contribution is 5.60. The van der Waals surface area contributed by atoms with Gasteiger partial charge in [-0.3, -0.25) is 0 Å². The lowest BCUT2D eigenvalue weighted by Crippen LogP contribution is -1.83. The Morgan fingerprint density at radius 3 is 2.70 bits per heavy atom. The Morgan fingerprint density at radius 2 is 2.05 bits per heavy atom. The molecule has 5 nitrogen and oxygen atoms in total. The van der Waals surface area contributed by atoms with Crippen molar-refractivity contribution >= 4 is 0 Å². The van der Waals surface area contributed by atoms with Crippen LogP contribution in [0.25, 0.3) is 22.8 Å². The first kappa shape index (κ1) is 12.2. The average molecular weight is 264 g/mol. The minimum absolute atomic E-state index is 0.400. The second-order valence-electron chi connectivity index (χ2n) is 4.39. The highest BCUT2D eigenvalue weighted by atomic mass is 16.5. The van der Waals surface area contributed by atoms with Crippen LogP contribution in [0.1, 0.15) is 18.2 Å². The van der Waals surface area contributed by atoms with Crippen LogP contribution in [0.15, 0.2) is 41.1 Å². The van der Waals surface area contributed by atoms with E-state index in [1.807, 2.05) is 18.2 Å². The molecule has 0 aliphatic carbocycles. The molecule has 0 aliphatic rings. The molecule has 98 valence electrons. The van der Waals surface area contributed by atoms with E-state index in [1.54, 1.807) is 12.3 Å². The summed E-state index contributed by atoms with van der Waals surface area (Å²) in [4.78, 5) is 7.18. The van der Waals surface area contributed by atoms with Crippen LogP contribution in [0.4, 0.5) is 0 Å². The molecule has 0 unspecified atom stereocenters. The summed E-state index contributed by atoms with van der Waals surface area (Å²) in [5.74, 6) is 0.944. The molecule has 2 aromatic heterocycles. The van der Waals surface area contributed by atoms with E-state index in [1.165, 1.54) is 5.56 Å². The zero-order chi connectivity index (χ0) is 13.9. The van der Waals surface area contributed by atoms with Gasteiger partial charge < -0.3 is 9.51 Å². The smallest absolute Gasteiger partial charge is 0.259 e. The molecule has 0 bridgehead atoms. The van der Waals surface area contributed by atoms with Crippen LogP contribution in [0, 0.1) is 11.3 Å². The predicted molar refractivity (Wildman–Crippen MR) is 73.6 cm³/mol. The number of aromatic nitrogens is 3. The number of hydrogen-bond donors (Lipinski definition) is 1. The van der Waals surface area contributed by atoms with E-state index in [2.05, 4.69) is 34.2 Å². The Morgan fingerprint density at radius 1 is 1.25 bits per heavy atom. The minimum atomic E-state index is 0.400. The molecule has 2 heterocycles. The molecule has 0 aliphatic heterocycles. The van der Waals surface area contributed by atoms with Crippen molar-refractivity contribution < 1.29 is 4.52 Å². The summed E-state index contributed by atoms with van der Waals surface area (Å²) in [5.41, 5.74) is 3.35. The van der Waals surface area contributed by atoms with E-state index in [4.69, 9.17) is 9.78 Å². The number of aromatic amines is 1. The molecular weight excluding hydrogens is 252 g/mol. The monoisotopic (exact) mass is 264 g/mol. The van der Waals surface area contributed by atoms with Crippen molar-refractivity contribution in [3.63, 3.8) is 0 Å². The van der Waals surface area contributed by atoms with E-state index in [0.29, 0.717) is 23.0 Å². The van der Waals surface area contributed by atoms with Gasteiger partial charge in [-0.1, -0.05) is 36.3 Å². The van der Waals surface area contributed by atoms with Crippen molar-refractivity contribution in [1.82, 2.24) is 15.1 Å². The van der Waals surface area contributed by atoms with Gasteiger partial charge >= 0.3 is 0 Å². The Hall–Kier alpha value is -2.87. The molecule has 3 aromatic rings. The fraction of sp³-hybridized carbons (Fsp3) is 0.133. The van der Waals surface area contributed by atoms with Gasteiger partial charge in [-0.05, 0) is 18.1 Å². The van der Waals surface area contributed by atoms with Crippen molar-refractivity contribution in [1.29, 1.82) is 5.26 Å². The van der Waals surface area contributed by atoms with Gasteiger partial charge in [0, 0.05) is 11.8 Å². The quantitative estimate of drug-likeness (QED) is 0.788. The number of nitrogens with one attached hydrogen (secondary N) is 1. The first-order valence-electron chi connectivity index (χ1n) is 6.32. The summed E-state index contributed by atoms with van der Waals surface area (Å²) in [6.45, 7) is 2.11. The maximum Gasteiger partial charge on any atom is 0.259 e. The van der Waals surface area contributed by atoms with Crippen LogP contribution in [-0.2, 0) is 6.42 Å². The van der Waals surface area contributed by atoms with Crippen LogP contribution < -0.4 is 0 Å². The van der Waals surface area contributed by atoms with Crippen LogP contribution in [0.5, 0.6) is 0 Å². The Balaban J connectivity index is 1.91. The van der Waals surface area contributed by atoms with Gasteiger partial charge in [0.25, 0.3) is 5.89 Å². The third kappa shape index (κ3) is 2.19. The Kier molecular flexibility index (Phi) is 3.05. The van der Waals surface area contributed by atoms with Gasteiger partial charge in [-0.15, -0.1) is 0 Å². The van der Waals surface area contributed by atoms with Gasteiger partial charge in [-0.2, -0.15) is 10.2 Å². The Bertz CT molecular complexity index is 762. The Labute approximate surface area is 115 Å². The van der Waals surface area contributed by atoms with Crippen molar-refractivity contribution in [2.45, 2.75) is 13.3 Å². The van der Waals surface area contributed by atoms with Crippen molar-refractivity contribution in [2.75, 3.05) is 0 Å². The summed E-state index contributed by atoms with van der Waals surface area (Å²) in [6, 6.07) is 11.8. The number of benzene rings is 1. The van der Waals surface area contributed by atoms with Gasteiger partial charge in [-0.25, -0.2) is 0 Å². The van der Waals surface area contributed by atoms with Crippen LogP contribution in [0.2, 0.25) is 0 Å². The highest BCUT2D eigenvalue weighted by Gasteiger charge is 2.12. The molecule has 0 radical (unpaired) electrons. The summed E-state index contributed by atoms with van der Waals surface area (Å²) < 4.78 is 5.23. The zero-order valence-electron chi connectivity index (χ0n) is 10.9. The number of nitriles is 1. The third-order valence-corrected chi connectivity index (χ3v) is 3.10. The van der Waals surface area contributed by atoms with Gasteiger partial charge in [0.15, 0.2) is 0 Å². The summed E-state index contributed by atoms with van der Waals surface area (Å²) >= 11 is 0. The molecule has 3 rings (SSSR count). The minimum Gasteiger partial charge on any atom is -0.352 e. The molecule has 0 saturated carbocycles. The fourth-order valence-corrected chi connectivity index (χ4v) is 1.93. The molecule has 1 N–H and O–H groups in total.